The molecule has 86 valence electrons. The molecule has 2 heterocycles. The number of nitrogens with zero attached hydrogens (tertiary/aromatic N) is 3. The maximum Gasteiger partial charge on any atom is 0.195 e. The van der Waals surface area contributed by atoms with Crippen LogP contribution in [0.5, 0.6) is 0 Å². The SMILES string of the molecule is Clc1c(NC2=NCCN2)ccc2nccnc12. The highest BCUT2D eigenvalue weighted by Gasteiger charge is 2.10. The van der Waals surface area contributed by atoms with Crippen LogP contribution in [0.15, 0.2) is 29.5 Å². The van der Waals surface area contributed by atoms with Crippen molar-refractivity contribution in [2.24, 2.45) is 4.99 Å². The molecule has 1 aromatic heterocycles. The second-order valence-corrected chi connectivity index (χ2v) is 4.01. The Bertz CT molecular complexity index is 595. The van der Waals surface area contributed by atoms with E-state index in [2.05, 4.69) is 25.6 Å². The summed E-state index contributed by atoms with van der Waals surface area (Å²) in [5, 5.41) is 6.83. The number of hydrogen-bond acceptors (Lipinski definition) is 5. The normalized spacial score (nSPS) is 14.5. The second kappa shape index (κ2) is 4.18. The van der Waals surface area contributed by atoms with Crippen LogP contribution in [-0.2, 0) is 0 Å². The number of aromatic nitrogens is 2. The van der Waals surface area contributed by atoms with Crippen LogP contribution in [0.25, 0.3) is 11.0 Å². The molecule has 1 aliphatic rings. The fourth-order valence-corrected chi connectivity index (χ4v) is 1.96. The van der Waals surface area contributed by atoms with Crippen LogP contribution in [0.3, 0.4) is 0 Å². The van der Waals surface area contributed by atoms with Gasteiger partial charge in [0.05, 0.1) is 22.8 Å². The molecule has 2 N–H and O–H groups in total. The van der Waals surface area contributed by atoms with E-state index in [0.29, 0.717) is 10.5 Å². The van der Waals surface area contributed by atoms with Crippen molar-refractivity contribution in [3.05, 3.63) is 29.5 Å². The Kier molecular flexibility index (Phi) is 2.53. The van der Waals surface area contributed by atoms with Gasteiger partial charge in [-0.15, -0.1) is 0 Å². The van der Waals surface area contributed by atoms with E-state index < -0.39 is 0 Å². The molecule has 1 aromatic carbocycles. The standard InChI is InChI=1S/C11H10ClN5/c12-9-7(17-11-15-5-6-16-11)1-2-8-10(9)14-4-3-13-8/h1-4H,5-6H2,(H2,15,16,17). The summed E-state index contributed by atoms with van der Waals surface area (Å²) in [6.45, 7) is 1.64. The Morgan fingerprint density at radius 1 is 1.24 bits per heavy atom. The number of halogens is 1. The molecule has 2 aromatic rings. The van der Waals surface area contributed by atoms with E-state index in [1.54, 1.807) is 12.4 Å². The lowest BCUT2D eigenvalue weighted by atomic mass is 10.2. The van der Waals surface area contributed by atoms with Gasteiger partial charge in [-0.3, -0.25) is 15.0 Å². The lowest BCUT2D eigenvalue weighted by molar-refractivity contribution is 0.959. The number of guanidine groups is 1. The molecular weight excluding hydrogens is 238 g/mol. The summed E-state index contributed by atoms with van der Waals surface area (Å²) in [6.07, 6.45) is 3.28. The van der Waals surface area contributed by atoms with Gasteiger partial charge >= 0.3 is 0 Å². The second-order valence-electron chi connectivity index (χ2n) is 3.63. The Labute approximate surface area is 103 Å². The summed E-state index contributed by atoms with van der Waals surface area (Å²) in [5.74, 6) is 0.746. The number of nitrogens with one attached hydrogen (secondary N) is 2. The van der Waals surface area contributed by atoms with Crippen LogP contribution >= 0.6 is 11.6 Å². The topological polar surface area (TPSA) is 62.2 Å². The monoisotopic (exact) mass is 247 g/mol. The molecule has 0 saturated heterocycles. The highest BCUT2D eigenvalue weighted by molar-refractivity contribution is 6.38. The zero-order valence-corrected chi connectivity index (χ0v) is 9.70. The summed E-state index contributed by atoms with van der Waals surface area (Å²) in [7, 11) is 0. The van der Waals surface area contributed by atoms with Crippen molar-refractivity contribution in [2.75, 3.05) is 18.4 Å². The van der Waals surface area contributed by atoms with Crippen LogP contribution in [-0.4, -0.2) is 29.0 Å². The summed E-state index contributed by atoms with van der Waals surface area (Å²) >= 11 is 6.27. The predicted octanol–water partition coefficient (Wildman–Crippen LogP) is 1.65. The minimum atomic E-state index is 0.562. The van der Waals surface area contributed by atoms with Crippen molar-refractivity contribution in [3.63, 3.8) is 0 Å². The molecule has 0 atom stereocenters. The Balaban J connectivity index is 2.02. The molecule has 6 heteroatoms. The zero-order chi connectivity index (χ0) is 11.7. The molecule has 3 rings (SSSR count). The summed E-state index contributed by atoms with van der Waals surface area (Å²) < 4.78 is 0. The van der Waals surface area contributed by atoms with Crippen LogP contribution < -0.4 is 10.6 Å². The Morgan fingerprint density at radius 3 is 2.94 bits per heavy atom. The van der Waals surface area contributed by atoms with Crippen LogP contribution in [0, 0.1) is 0 Å². The lowest BCUT2D eigenvalue weighted by Gasteiger charge is -2.09. The van der Waals surface area contributed by atoms with Crippen LogP contribution in [0.4, 0.5) is 5.69 Å². The molecule has 17 heavy (non-hydrogen) atoms. The van der Waals surface area contributed by atoms with E-state index in [-0.39, 0.29) is 0 Å². The third kappa shape index (κ3) is 1.89. The molecule has 0 bridgehead atoms. The first-order valence-corrected chi connectivity index (χ1v) is 5.67. The minimum Gasteiger partial charge on any atom is -0.354 e. The van der Waals surface area contributed by atoms with Crippen LogP contribution in [0.1, 0.15) is 0 Å². The first-order valence-electron chi connectivity index (χ1n) is 5.29. The maximum absolute atomic E-state index is 6.27. The largest absolute Gasteiger partial charge is 0.354 e. The van der Waals surface area contributed by atoms with Crippen molar-refractivity contribution < 1.29 is 0 Å². The molecule has 0 fully saturated rings. The van der Waals surface area contributed by atoms with E-state index in [1.165, 1.54) is 0 Å². The fourth-order valence-electron chi connectivity index (χ4n) is 1.71. The number of fused-ring (bicyclic) bond motifs is 1. The number of aliphatic imine (C=N–C) groups is 1. The molecule has 0 amide bonds. The van der Waals surface area contributed by atoms with Crippen molar-refractivity contribution in [2.45, 2.75) is 0 Å². The highest BCUT2D eigenvalue weighted by atomic mass is 35.5. The van der Waals surface area contributed by atoms with E-state index >= 15 is 0 Å². The molecule has 0 radical (unpaired) electrons. The Morgan fingerprint density at radius 2 is 2.12 bits per heavy atom. The minimum absolute atomic E-state index is 0.562. The number of rotatable bonds is 1. The first kappa shape index (κ1) is 10.3. The quantitative estimate of drug-likeness (QED) is 0.805. The average molecular weight is 248 g/mol. The zero-order valence-electron chi connectivity index (χ0n) is 8.94. The number of hydrogen-bond donors (Lipinski definition) is 2. The average Bonchev–Trinajstić information content (AvgIpc) is 2.86. The van der Waals surface area contributed by atoms with Crippen LogP contribution in [0.2, 0.25) is 5.02 Å². The van der Waals surface area contributed by atoms with Gasteiger partial charge in [0, 0.05) is 18.9 Å². The van der Waals surface area contributed by atoms with Gasteiger partial charge in [-0.05, 0) is 12.1 Å². The maximum atomic E-state index is 6.27. The number of benzene rings is 1. The lowest BCUT2D eigenvalue weighted by Crippen LogP contribution is -2.26. The van der Waals surface area contributed by atoms with Crippen molar-refractivity contribution in [3.8, 4) is 0 Å². The van der Waals surface area contributed by atoms with E-state index in [9.17, 15) is 0 Å². The van der Waals surface area contributed by atoms with Crippen molar-refractivity contribution >= 4 is 34.3 Å². The molecule has 0 saturated carbocycles. The molecular formula is C11H10ClN5. The van der Waals surface area contributed by atoms with Gasteiger partial charge in [-0.25, -0.2) is 0 Å². The molecule has 0 aliphatic carbocycles. The first-order chi connectivity index (χ1) is 8.34. The summed E-state index contributed by atoms with van der Waals surface area (Å²) in [5.41, 5.74) is 2.26. The molecule has 5 nitrogen and oxygen atoms in total. The van der Waals surface area contributed by atoms with Gasteiger partial charge in [-0.1, -0.05) is 11.6 Å². The van der Waals surface area contributed by atoms with Gasteiger partial charge in [-0.2, -0.15) is 0 Å². The Hall–Kier alpha value is -1.88. The van der Waals surface area contributed by atoms with Gasteiger partial charge in [0.1, 0.15) is 5.52 Å². The third-order valence-electron chi connectivity index (χ3n) is 2.51. The van der Waals surface area contributed by atoms with E-state index in [0.717, 1.165) is 30.3 Å². The van der Waals surface area contributed by atoms with Gasteiger partial charge in [0.2, 0.25) is 0 Å². The summed E-state index contributed by atoms with van der Waals surface area (Å²) in [6, 6.07) is 3.76. The molecule has 0 unspecified atom stereocenters. The van der Waals surface area contributed by atoms with Gasteiger partial charge in [0.15, 0.2) is 5.96 Å². The van der Waals surface area contributed by atoms with Gasteiger partial charge < -0.3 is 10.6 Å². The third-order valence-corrected chi connectivity index (χ3v) is 2.89. The smallest absolute Gasteiger partial charge is 0.195 e. The molecule has 0 spiro atoms. The van der Waals surface area contributed by atoms with E-state index in [1.807, 2.05) is 12.1 Å². The van der Waals surface area contributed by atoms with Crippen molar-refractivity contribution in [1.29, 1.82) is 0 Å². The summed E-state index contributed by atoms with van der Waals surface area (Å²) in [4.78, 5) is 12.7. The fraction of sp³-hybridized carbons (Fsp3) is 0.182. The van der Waals surface area contributed by atoms with E-state index in [4.69, 9.17) is 11.6 Å². The predicted molar refractivity (Wildman–Crippen MR) is 68.5 cm³/mol. The molecule has 1 aliphatic heterocycles. The highest BCUT2D eigenvalue weighted by Crippen LogP contribution is 2.28. The van der Waals surface area contributed by atoms with Gasteiger partial charge in [0.25, 0.3) is 0 Å². The number of anilines is 1. The van der Waals surface area contributed by atoms with Crippen molar-refractivity contribution in [1.82, 2.24) is 15.3 Å².